The average Bonchev–Trinajstić information content (AvgIpc) is 3.20. The number of aryl methyl sites for hydroxylation is 1. The number of likely N-dealkylation sites (tertiary alicyclic amines) is 1. The number of nitrogens with zero attached hydrogens (tertiary/aromatic N) is 2. The van der Waals surface area contributed by atoms with Gasteiger partial charge in [0, 0.05) is 32.4 Å². The molecule has 0 spiro atoms. The highest BCUT2D eigenvalue weighted by Crippen LogP contribution is 2.31. The van der Waals surface area contributed by atoms with Crippen molar-refractivity contribution in [3.63, 3.8) is 0 Å². The van der Waals surface area contributed by atoms with Crippen LogP contribution in [0.3, 0.4) is 0 Å². The molecule has 28 heavy (non-hydrogen) atoms. The van der Waals surface area contributed by atoms with Crippen LogP contribution in [-0.4, -0.2) is 56.5 Å². The summed E-state index contributed by atoms with van der Waals surface area (Å²) in [4.78, 5) is 29.0. The second-order valence-electron chi connectivity index (χ2n) is 8.49. The fraction of sp³-hybridized carbons (Fsp3) is 0.636. The Hall–Kier alpha value is -2.08. The number of carbonyl (C=O) groups is 2. The van der Waals surface area contributed by atoms with Gasteiger partial charge in [-0.15, -0.1) is 0 Å². The molecule has 1 aromatic rings. The first-order chi connectivity index (χ1) is 13.5. The van der Waals surface area contributed by atoms with Gasteiger partial charge in [-0.3, -0.25) is 14.5 Å². The molecule has 6 heteroatoms. The zero-order valence-electron chi connectivity index (χ0n) is 17.5. The van der Waals surface area contributed by atoms with Gasteiger partial charge < -0.3 is 15.5 Å². The summed E-state index contributed by atoms with van der Waals surface area (Å²) in [5.41, 5.74) is 3.93. The van der Waals surface area contributed by atoms with E-state index in [1.165, 1.54) is 36.1 Å². The fourth-order valence-electron chi connectivity index (χ4n) is 4.17. The van der Waals surface area contributed by atoms with Crippen molar-refractivity contribution in [3.8, 4) is 0 Å². The second kappa shape index (κ2) is 9.41. The molecule has 1 saturated heterocycles. The summed E-state index contributed by atoms with van der Waals surface area (Å²) >= 11 is 0. The van der Waals surface area contributed by atoms with E-state index in [0.717, 1.165) is 26.1 Å². The highest BCUT2D eigenvalue weighted by Gasteiger charge is 2.26. The highest BCUT2D eigenvalue weighted by molar-refractivity contribution is 6.35. The van der Waals surface area contributed by atoms with Crippen LogP contribution in [0.4, 0.5) is 5.69 Å². The molecule has 6 nitrogen and oxygen atoms in total. The number of fused-ring (bicyclic) bond motifs is 1. The van der Waals surface area contributed by atoms with Gasteiger partial charge in [0.05, 0.1) is 6.04 Å². The summed E-state index contributed by atoms with van der Waals surface area (Å²) in [5, 5.41) is 5.56. The minimum absolute atomic E-state index is 0.113. The highest BCUT2D eigenvalue weighted by atomic mass is 16.2. The number of benzene rings is 1. The van der Waals surface area contributed by atoms with E-state index in [4.69, 9.17) is 0 Å². The summed E-state index contributed by atoms with van der Waals surface area (Å²) in [6, 6.07) is 6.82. The van der Waals surface area contributed by atoms with Crippen LogP contribution in [0.2, 0.25) is 0 Å². The van der Waals surface area contributed by atoms with Gasteiger partial charge >= 0.3 is 11.8 Å². The molecule has 1 fully saturated rings. The smallest absolute Gasteiger partial charge is 0.309 e. The third kappa shape index (κ3) is 5.04. The van der Waals surface area contributed by atoms with E-state index >= 15 is 0 Å². The van der Waals surface area contributed by atoms with E-state index in [2.05, 4.69) is 45.7 Å². The Morgan fingerprint density at radius 1 is 1.00 bits per heavy atom. The van der Waals surface area contributed by atoms with Crippen molar-refractivity contribution in [2.75, 3.05) is 44.7 Å². The minimum Gasteiger partial charge on any atom is -0.374 e. The number of amides is 2. The normalized spacial score (nSPS) is 18.1. The van der Waals surface area contributed by atoms with Crippen LogP contribution in [0, 0.1) is 5.92 Å². The third-order valence-corrected chi connectivity index (χ3v) is 5.75. The largest absolute Gasteiger partial charge is 0.374 e. The van der Waals surface area contributed by atoms with Crippen molar-refractivity contribution in [1.29, 1.82) is 0 Å². The van der Waals surface area contributed by atoms with Crippen LogP contribution in [0.15, 0.2) is 18.2 Å². The molecule has 0 unspecified atom stereocenters. The lowest BCUT2D eigenvalue weighted by Crippen LogP contribution is -2.44. The van der Waals surface area contributed by atoms with E-state index in [0.29, 0.717) is 19.0 Å². The molecule has 3 rings (SSSR count). The van der Waals surface area contributed by atoms with Crippen molar-refractivity contribution in [3.05, 3.63) is 29.3 Å². The van der Waals surface area contributed by atoms with Gasteiger partial charge in [-0.25, -0.2) is 0 Å². The molecule has 2 aliphatic heterocycles. The van der Waals surface area contributed by atoms with Gasteiger partial charge in [-0.1, -0.05) is 26.0 Å². The monoisotopic (exact) mass is 386 g/mol. The maximum absolute atomic E-state index is 12.2. The van der Waals surface area contributed by atoms with Crippen molar-refractivity contribution in [1.82, 2.24) is 15.5 Å². The van der Waals surface area contributed by atoms with Gasteiger partial charge in [0.2, 0.25) is 0 Å². The number of nitrogens with one attached hydrogen (secondary N) is 2. The van der Waals surface area contributed by atoms with E-state index in [9.17, 15) is 9.59 Å². The lowest BCUT2D eigenvalue weighted by Gasteiger charge is -2.31. The van der Waals surface area contributed by atoms with Crippen LogP contribution in [0.25, 0.3) is 0 Å². The van der Waals surface area contributed by atoms with Gasteiger partial charge in [0.15, 0.2) is 0 Å². The molecule has 0 bridgehead atoms. The molecule has 2 heterocycles. The van der Waals surface area contributed by atoms with E-state index < -0.39 is 11.8 Å². The number of anilines is 1. The van der Waals surface area contributed by atoms with Crippen LogP contribution in [0.5, 0.6) is 0 Å². The number of rotatable bonds is 6. The summed E-state index contributed by atoms with van der Waals surface area (Å²) in [5.74, 6) is -0.758. The molecule has 1 atom stereocenters. The predicted molar refractivity (Wildman–Crippen MR) is 112 cm³/mol. The predicted octanol–water partition coefficient (Wildman–Crippen LogP) is 2.09. The Bertz CT molecular complexity index is 698. The molecule has 0 radical (unpaired) electrons. The van der Waals surface area contributed by atoms with Gasteiger partial charge in [0.25, 0.3) is 0 Å². The molecule has 154 valence electrons. The lowest BCUT2D eigenvalue weighted by molar-refractivity contribution is -0.139. The minimum atomic E-state index is -0.541. The van der Waals surface area contributed by atoms with E-state index in [1.54, 1.807) is 0 Å². The Morgan fingerprint density at radius 2 is 1.68 bits per heavy atom. The maximum atomic E-state index is 12.2. The SMILES string of the molecule is CC(C)CNC(=O)C(=O)NC[C@H](c1ccc2c(c1)CCCN2C)N1CCCC1. The van der Waals surface area contributed by atoms with Crippen LogP contribution in [-0.2, 0) is 16.0 Å². The Labute approximate surface area is 168 Å². The van der Waals surface area contributed by atoms with Crippen molar-refractivity contribution < 1.29 is 9.59 Å². The van der Waals surface area contributed by atoms with Gasteiger partial charge in [-0.05, 0) is 61.9 Å². The Morgan fingerprint density at radius 3 is 2.36 bits per heavy atom. The van der Waals surface area contributed by atoms with Crippen molar-refractivity contribution in [2.45, 2.75) is 45.6 Å². The Kier molecular flexibility index (Phi) is 6.94. The molecule has 1 aromatic carbocycles. The van der Waals surface area contributed by atoms with E-state index in [1.807, 2.05) is 13.8 Å². The number of hydrogen-bond acceptors (Lipinski definition) is 4. The first kappa shape index (κ1) is 20.6. The van der Waals surface area contributed by atoms with Crippen molar-refractivity contribution >= 4 is 17.5 Å². The summed E-state index contributed by atoms with van der Waals surface area (Å²) < 4.78 is 0. The second-order valence-corrected chi connectivity index (χ2v) is 8.49. The van der Waals surface area contributed by atoms with Gasteiger partial charge in [0.1, 0.15) is 0 Å². The first-order valence-electron chi connectivity index (χ1n) is 10.6. The topological polar surface area (TPSA) is 64.7 Å². The molecular formula is C22H34N4O2. The molecular weight excluding hydrogens is 352 g/mol. The van der Waals surface area contributed by atoms with Gasteiger partial charge in [-0.2, -0.15) is 0 Å². The quantitative estimate of drug-likeness (QED) is 0.735. The summed E-state index contributed by atoms with van der Waals surface area (Å²) in [6.07, 6.45) is 4.65. The summed E-state index contributed by atoms with van der Waals surface area (Å²) in [6.45, 7) is 8.17. The van der Waals surface area contributed by atoms with Crippen LogP contribution < -0.4 is 15.5 Å². The first-order valence-corrected chi connectivity index (χ1v) is 10.6. The summed E-state index contributed by atoms with van der Waals surface area (Å²) in [7, 11) is 2.14. The van der Waals surface area contributed by atoms with Crippen LogP contribution >= 0.6 is 0 Å². The molecule has 0 aliphatic carbocycles. The number of carbonyl (C=O) groups excluding carboxylic acids is 2. The molecule has 0 saturated carbocycles. The standard InChI is InChI=1S/C22H34N4O2/c1-16(2)14-23-21(27)22(28)24-15-20(26-11-4-5-12-26)18-8-9-19-17(13-18)7-6-10-25(19)3/h8-9,13,16,20H,4-7,10-12,14-15H2,1-3H3,(H,23,27)(H,24,28)/t20-/m1/s1. The molecule has 0 aromatic heterocycles. The zero-order chi connectivity index (χ0) is 20.1. The maximum Gasteiger partial charge on any atom is 0.309 e. The zero-order valence-corrected chi connectivity index (χ0v) is 17.5. The molecule has 2 amide bonds. The molecule has 2 N–H and O–H groups in total. The van der Waals surface area contributed by atoms with Crippen molar-refractivity contribution in [2.24, 2.45) is 5.92 Å². The third-order valence-electron chi connectivity index (χ3n) is 5.75. The molecule has 2 aliphatic rings. The van der Waals surface area contributed by atoms with Crippen LogP contribution in [0.1, 0.15) is 50.3 Å². The average molecular weight is 387 g/mol. The van der Waals surface area contributed by atoms with E-state index in [-0.39, 0.29) is 6.04 Å². The number of hydrogen-bond donors (Lipinski definition) is 2. The lowest BCUT2D eigenvalue weighted by atomic mass is 9.96. The fourth-order valence-corrected chi connectivity index (χ4v) is 4.17. The Balaban J connectivity index is 1.70.